The summed E-state index contributed by atoms with van der Waals surface area (Å²) in [6, 6.07) is 22.9. The third kappa shape index (κ3) is 7.59. The molecule has 0 unspecified atom stereocenters. The predicted octanol–water partition coefficient (Wildman–Crippen LogP) is 3.58. The van der Waals surface area contributed by atoms with Gasteiger partial charge in [0.25, 0.3) is 10.1 Å². The Kier molecular flexibility index (Phi) is 8.97. The topological polar surface area (TPSA) is 240 Å². The van der Waals surface area contributed by atoms with Gasteiger partial charge in [-0.2, -0.15) is 28.8 Å². The van der Waals surface area contributed by atoms with Crippen LogP contribution in [0, 0.1) is 0 Å². The third-order valence-corrected chi connectivity index (χ3v) is 7.36. The summed E-state index contributed by atoms with van der Waals surface area (Å²) in [5.74, 6) is -2.07. The average molecular weight is 655 g/mol. The van der Waals surface area contributed by atoms with Gasteiger partial charge in [-0.1, -0.05) is 24.3 Å². The molecule has 0 bridgehead atoms. The molecule has 0 fully saturated rings. The average Bonchev–Trinajstić information content (AvgIpc) is 3.04. The summed E-state index contributed by atoms with van der Waals surface area (Å²) in [4.78, 5) is 35.9. The van der Waals surface area contributed by atoms with Gasteiger partial charge < -0.3 is 15.3 Å². The first-order chi connectivity index (χ1) is 22.4. The van der Waals surface area contributed by atoms with Crippen LogP contribution in [-0.4, -0.2) is 34.3 Å². The zero-order valence-electron chi connectivity index (χ0n) is 23.8. The summed E-state index contributed by atoms with van der Waals surface area (Å²) in [6.45, 7) is 0. The van der Waals surface area contributed by atoms with E-state index in [9.17, 15) is 37.6 Å². The zero-order chi connectivity index (χ0) is 33.7. The Hall–Kier alpha value is -6.52. The molecule has 0 saturated heterocycles. The van der Waals surface area contributed by atoms with E-state index in [1.54, 1.807) is 48.5 Å². The van der Waals surface area contributed by atoms with E-state index >= 15 is 0 Å². The molecular formula is C31H22N6O9S. The molecule has 0 aliphatic heterocycles. The van der Waals surface area contributed by atoms with Crippen LogP contribution in [0.5, 0.6) is 11.5 Å². The lowest BCUT2D eigenvalue weighted by atomic mass is 10.1. The van der Waals surface area contributed by atoms with Gasteiger partial charge in [-0.05, 0) is 83.9 Å². The molecule has 5 aromatic carbocycles. The Labute approximate surface area is 264 Å². The molecule has 0 heterocycles. The molecule has 0 radical (unpaired) electrons. The van der Waals surface area contributed by atoms with E-state index in [2.05, 4.69) is 31.3 Å². The summed E-state index contributed by atoms with van der Waals surface area (Å²) >= 11 is 0. The van der Waals surface area contributed by atoms with Crippen molar-refractivity contribution in [2.75, 3.05) is 10.9 Å². The number of hydrogen-bond acceptors (Lipinski definition) is 13. The van der Waals surface area contributed by atoms with Crippen LogP contribution in [0.4, 0.5) is 22.7 Å². The van der Waals surface area contributed by atoms with Crippen LogP contribution < -0.4 is 32.4 Å². The summed E-state index contributed by atoms with van der Waals surface area (Å²) in [6.07, 6.45) is 0. The molecule has 6 N–H and O–H groups in total. The lowest BCUT2D eigenvalue weighted by Gasteiger charge is -2.05. The molecule has 0 saturated carbocycles. The summed E-state index contributed by atoms with van der Waals surface area (Å²) in [5, 5.41) is 43.9. The van der Waals surface area contributed by atoms with Crippen molar-refractivity contribution in [3.05, 3.63) is 134 Å². The summed E-state index contributed by atoms with van der Waals surface area (Å²) < 4.78 is 32.0. The molecule has 0 spiro atoms. The van der Waals surface area contributed by atoms with Gasteiger partial charge in [-0.3, -0.25) is 25.0 Å². The number of nitrogens with zero attached hydrogens (tertiary/aromatic N) is 4. The maximum absolute atomic E-state index is 12.9. The van der Waals surface area contributed by atoms with Crippen LogP contribution in [0.15, 0.2) is 132 Å². The van der Waals surface area contributed by atoms with E-state index < -0.39 is 42.9 Å². The molecule has 16 heteroatoms. The lowest BCUT2D eigenvalue weighted by Crippen LogP contribution is -2.47. The minimum absolute atomic E-state index is 0.216. The number of carboxylic acid groups (broad SMARTS) is 1. The number of phenols is 2. The van der Waals surface area contributed by atoms with Gasteiger partial charge >= 0.3 is 5.97 Å². The molecule has 236 valence electrons. The van der Waals surface area contributed by atoms with Crippen molar-refractivity contribution in [1.29, 1.82) is 0 Å². The zero-order valence-corrected chi connectivity index (χ0v) is 24.6. The van der Waals surface area contributed by atoms with Gasteiger partial charge in [-0.15, -0.1) is 0 Å². The summed E-state index contributed by atoms with van der Waals surface area (Å²) in [5.41, 5.74) is 5.86. The smallest absolute Gasteiger partial charge is 0.339 e. The minimum Gasteiger partial charge on any atom is -0.507 e. The molecule has 5 rings (SSSR count). The highest BCUT2D eigenvalue weighted by Crippen LogP contribution is 2.28. The highest BCUT2D eigenvalue weighted by atomic mass is 32.2. The number of carbonyl (C=O) groups is 1. The Morgan fingerprint density at radius 1 is 0.681 bits per heavy atom. The van der Waals surface area contributed by atoms with Gasteiger partial charge in [0, 0.05) is 0 Å². The Morgan fingerprint density at radius 3 is 1.96 bits per heavy atom. The first-order valence-corrected chi connectivity index (χ1v) is 14.8. The minimum atomic E-state index is -4.56. The fourth-order valence-corrected chi connectivity index (χ4v) is 4.58. The fourth-order valence-electron chi connectivity index (χ4n) is 4.07. The normalized spacial score (nSPS) is 12.4. The Bertz CT molecular complexity index is 2370. The van der Waals surface area contributed by atoms with Crippen LogP contribution in [0.25, 0.3) is 11.1 Å². The van der Waals surface area contributed by atoms with Crippen LogP contribution >= 0.6 is 0 Å². The Balaban J connectivity index is 1.30. The molecule has 15 nitrogen and oxygen atoms in total. The van der Waals surface area contributed by atoms with Crippen LogP contribution in [-0.2, 0) is 10.1 Å². The maximum Gasteiger partial charge on any atom is 0.339 e. The largest absolute Gasteiger partial charge is 0.507 e. The molecule has 0 atom stereocenters. The monoisotopic (exact) mass is 654 g/mol. The number of aromatic hydroxyl groups is 2. The second-order valence-electron chi connectivity index (χ2n) is 9.69. The number of phenolic OH excluding ortho intramolecular Hbond substituents is 1. The molecule has 0 aliphatic rings. The van der Waals surface area contributed by atoms with Crippen molar-refractivity contribution < 1.29 is 33.1 Å². The number of rotatable bonds is 9. The number of aromatic carboxylic acids is 1. The highest BCUT2D eigenvalue weighted by Gasteiger charge is 2.13. The standard InChI is InChI=1S/C31H22N6O9S/c38-26-12-9-21(15-23(26)31(42)43)34-32-19-5-1-17(2-6-19)18-3-7-20(8-4-18)33-37-29-28(40)14-11-24(30(29)41)35-36-25-16-22(47(44,45)46)10-13-27(25)39/h1-16,33,36,38-39H,(H,42,43)(H,44,45,46)/b34-32?,35-24+,37-29-. The second-order valence-corrected chi connectivity index (χ2v) is 11.1. The quantitative estimate of drug-likeness (QED) is 0.0581. The molecule has 5 aromatic rings. The van der Waals surface area contributed by atoms with Crippen LogP contribution in [0.3, 0.4) is 0 Å². The van der Waals surface area contributed by atoms with Gasteiger partial charge in [0.1, 0.15) is 22.4 Å². The van der Waals surface area contributed by atoms with Gasteiger partial charge in [0.2, 0.25) is 10.9 Å². The van der Waals surface area contributed by atoms with Crippen molar-refractivity contribution in [3.63, 3.8) is 0 Å². The molecule has 0 amide bonds. The van der Waals surface area contributed by atoms with E-state index in [-0.39, 0.29) is 28.0 Å². The number of carboxylic acids is 1. The Morgan fingerprint density at radius 2 is 1.30 bits per heavy atom. The predicted molar refractivity (Wildman–Crippen MR) is 169 cm³/mol. The molecular weight excluding hydrogens is 632 g/mol. The molecule has 0 aromatic heterocycles. The molecule has 47 heavy (non-hydrogen) atoms. The van der Waals surface area contributed by atoms with Gasteiger partial charge in [-0.25, -0.2) is 4.79 Å². The summed E-state index contributed by atoms with van der Waals surface area (Å²) in [7, 11) is -4.56. The number of nitrogens with one attached hydrogen (secondary N) is 2. The first kappa shape index (κ1) is 31.9. The van der Waals surface area contributed by atoms with E-state index in [0.29, 0.717) is 11.4 Å². The van der Waals surface area contributed by atoms with Gasteiger partial charge in [0.15, 0.2) is 5.36 Å². The number of benzene rings is 5. The van der Waals surface area contributed by atoms with Crippen molar-refractivity contribution in [1.82, 2.24) is 0 Å². The van der Waals surface area contributed by atoms with E-state index in [1.807, 2.05) is 0 Å². The van der Waals surface area contributed by atoms with E-state index in [1.165, 1.54) is 18.2 Å². The molecule has 0 aliphatic carbocycles. The van der Waals surface area contributed by atoms with Crippen molar-refractivity contribution >= 4 is 38.8 Å². The van der Waals surface area contributed by atoms with Crippen molar-refractivity contribution in [2.24, 2.45) is 20.4 Å². The van der Waals surface area contributed by atoms with Gasteiger partial charge in [0.05, 0.1) is 27.6 Å². The van der Waals surface area contributed by atoms with E-state index in [0.717, 1.165) is 41.5 Å². The maximum atomic E-state index is 12.9. The number of azo groups is 1. The highest BCUT2D eigenvalue weighted by molar-refractivity contribution is 7.85. The van der Waals surface area contributed by atoms with Crippen molar-refractivity contribution in [2.45, 2.75) is 4.90 Å². The van der Waals surface area contributed by atoms with Crippen LogP contribution in [0.2, 0.25) is 0 Å². The van der Waals surface area contributed by atoms with Crippen LogP contribution in [0.1, 0.15) is 10.4 Å². The second kappa shape index (κ2) is 13.2. The third-order valence-electron chi connectivity index (χ3n) is 6.51. The SMILES string of the molecule is O=C(O)c1cc(N=Nc2ccc(-c3ccc(N/N=c4/c(=O)cc/c(=N\Nc5cc(S(=O)(=O)O)ccc5O)c4=O)cc3)cc2)ccc1O. The first-order valence-electron chi connectivity index (χ1n) is 13.3. The van der Waals surface area contributed by atoms with Crippen molar-refractivity contribution in [3.8, 4) is 22.6 Å². The lowest BCUT2D eigenvalue weighted by molar-refractivity contribution is 0.0693. The van der Waals surface area contributed by atoms with E-state index in [4.69, 9.17) is 5.11 Å². The number of anilines is 2. The fraction of sp³-hybridized carbons (Fsp3) is 0. The number of hydrogen-bond donors (Lipinski definition) is 6.